The summed E-state index contributed by atoms with van der Waals surface area (Å²) in [4.78, 5) is 25.9. The van der Waals surface area contributed by atoms with Crippen molar-refractivity contribution in [3.63, 3.8) is 0 Å². The van der Waals surface area contributed by atoms with E-state index >= 15 is 0 Å². The van der Waals surface area contributed by atoms with Crippen LogP contribution in [0.2, 0.25) is 0 Å². The Balaban J connectivity index is 1.67. The summed E-state index contributed by atoms with van der Waals surface area (Å²) >= 11 is 0. The second-order valence-electron chi connectivity index (χ2n) is 8.11. The molecule has 0 spiro atoms. The van der Waals surface area contributed by atoms with E-state index in [1.165, 1.54) is 0 Å². The third-order valence-corrected chi connectivity index (χ3v) is 5.84. The fourth-order valence-corrected chi connectivity index (χ4v) is 4.03. The van der Waals surface area contributed by atoms with Crippen molar-refractivity contribution in [3.05, 3.63) is 71.8 Å². The SMILES string of the molecule is CC1CCC(C(=O)OC(C)c2ccccc2)C(C(=O)OC(C)c2ccccc2)C1. The Labute approximate surface area is 173 Å². The third-order valence-electron chi connectivity index (χ3n) is 5.84. The van der Waals surface area contributed by atoms with E-state index in [-0.39, 0.29) is 24.1 Å². The highest BCUT2D eigenvalue weighted by Gasteiger charge is 2.41. The van der Waals surface area contributed by atoms with Gasteiger partial charge in [-0.2, -0.15) is 0 Å². The fourth-order valence-electron chi connectivity index (χ4n) is 4.03. The molecule has 154 valence electrons. The minimum absolute atomic E-state index is 0.303. The molecule has 5 unspecified atom stereocenters. The van der Waals surface area contributed by atoms with Crippen LogP contribution in [0.3, 0.4) is 0 Å². The number of ether oxygens (including phenoxy) is 2. The first-order valence-corrected chi connectivity index (χ1v) is 10.5. The van der Waals surface area contributed by atoms with Gasteiger partial charge >= 0.3 is 11.9 Å². The zero-order chi connectivity index (χ0) is 20.8. The first-order chi connectivity index (χ1) is 14.0. The number of benzene rings is 2. The van der Waals surface area contributed by atoms with Crippen molar-refractivity contribution < 1.29 is 19.1 Å². The first-order valence-electron chi connectivity index (χ1n) is 10.5. The Hall–Kier alpha value is -2.62. The number of carbonyl (C=O) groups is 2. The van der Waals surface area contributed by atoms with E-state index in [0.29, 0.717) is 18.8 Å². The van der Waals surface area contributed by atoms with Gasteiger partial charge < -0.3 is 9.47 Å². The lowest BCUT2D eigenvalue weighted by Gasteiger charge is -2.33. The first kappa shape index (κ1) is 21.1. The Morgan fingerprint density at radius 2 is 1.21 bits per heavy atom. The zero-order valence-corrected chi connectivity index (χ0v) is 17.4. The van der Waals surface area contributed by atoms with Gasteiger partial charge in [-0.3, -0.25) is 9.59 Å². The smallest absolute Gasteiger partial charge is 0.310 e. The summed E-state index contributed by atoms with van der Waals surface area (Å²) in [5.41, 5.74) is 1.89. The zero-order valence-electron chi connectivity index (χ0n) is 17.4. The van der Waals surface area contributed by atoms with E-state index in [1.54, 1.807) is 0 Å². The predicted octanol–water partition coefficient (Wildman–Crippen LogP) is 5.65. The lowest BCUT2D eigenvalue weighted by molar-refractivity contribution is -0.169. The molecule has 0 bridgehead atoms. The van der Waals surface area contributed by atoms with Gasteiger partial charge in [0.25, 0.3) is 0 Å². The van der Waals surface area contributed by atoms with Crippen LogP contribution >= 0.6 is 0 Å². The van der Waals surface area contributed by atoms with E-state index in [2.05, 4.69) is 6.92 Å². The van der Waals surface area contributed by atoms with Crippen molar-refractivity contribution in [2.75, 3.05) is 0 Å². The molecular weight excluding hydrogens is 364 g/mol. The Morgan fingerprint density at radius 1 is 0.759 bits per heavy atom. The molecule has 0 aromatic heterocycles. The summed E-state index contributed by atoms with van der Waals surface area (Å²) in [6.07, 6.45) is 1.53. The highest BCUT2D eigenvalue weighted by molar-refractivity contribution is 5.82. The molecule has 3 rings (SSSR count). The standard InChI is InChI=1S/C25H30O4/c1-17-14-15-22(24(26)28-18(2)20-10-6-4-7-11-20)23(16-17)25(27)29-19(3)21-12-8-5-9-13-21/h4-13,17-19,22-23H,14-16H2,1-3H3. The number of rotatable bonds is 6. The van der Waals surface area contributed by atoms with Crippen LogP contribution in [-0.4, -0.2) is 11.9 Å². The maximum Gasteiger partial charge on any atom is 0.310 e. The van der Waals surface area contributed by atoms with Crippen molar-refractivity contribution in [1.82, 2.24) is 0 Å². The lowest BCUT2D eigenvalue weighted by atomic mass is 9.74. The topological polar surface area (TPSA) is 52.6 Å². The maximum absolute atomic E-state index is 13.0. The fraction of sp³-hybridized carbons (Fsp3) is 0.440. The summed E-state index contributed by atoms with van der Waals surface area (Å²) in [5, 5.41) is 0. The number of hydrogen-bond acceptors (Lipinski definition) is 4. The van der Waals surface area contributed by atoms with Gasteiger partial charge in [-0.15, -0.1) is 0 Å². The van der Waals surface area contributed by atoms with Crippen LogP contribution in [0.4, 0.5) is 0 Å². The molecule has 4 nitrogen and oxygen atoms in total. The Morgan fingerprint density at radius 3 is 1.69 bits per heavy atom. The molecule has 1 aliphatic rings. The van der Waals surface area contributed by atoms with Gasteiger partial charge in [0.15, 0.2) is 0 Å². The van der Waals surface area contributed by atoms with Gasteiger partial charge in [0, 0.05) is 0 Å². The number of carbonyl (C=O) groups excluding carboxylic acids is 2. The van der Waals surface area contributed by atoms with Crippen LogP contribution in [0.15, 0.2) is 60.7 Å². The summed E-state index contributed by atoms with van der Waals surface area (Å²) in [5.74, 6) is -1.13. The molecule has 4 heteroatoms. The van der Waals surface area contributed by atoms with Crippen LogP contribution in [0.25, 0.3) is 0 Å². The molecule has 0 N–H and O–H groups in total. The van der Waals surface area contributed by atoms with E-state index in [4.69, 9.17) is 9.47 Å². The van der Waals surface area contributed by atoms with Crippen LogP contribution in [0, 0.1) is 17.8 Å². The minimum atomic E-state index is -0.458. The quantitative estimate of drug-likeness (QED) is 0.594. The highest BCUT2D eigenvalue weighted by atomic mass is 16.6. The Bertz CT molecular complexity index is 802. The molecule has 2 aromatic rings. The molecular formula is C25H30O4. The molecule has 2 aromatic carbocycles. The van der Waals surface area contributed by atoms with Crippen molar-refractivity contribution in [3.8, 4) is 0 Å². The summed E-state index contributed by atoms with van der Waals surface area (Å²) < 4.78 is 11.5. The van der Waals surface area contributed by atoms with Crippen LogP contribution in [0.1, 0.15) is 63.4 Å². The molecule has 0 saturated heterocycles. The van der Waals surface area contributed by atoms with Gasteiger partial charge in [0.05, 0.1) is 11.8 Å². The summed E-state index contributed by atoms with van der Waals surface area (Å²) in [7, 11) is 0. The molecule has 0 amide bonds. The molecule has 0 heterocycles. The molecule has 5 atom stereocenters. The van der Waals surface area contributed by atoms with E-state index in [9.17, 15) is 9.59 Å². The van der Waals surface area contributed by atoms with E-state index in [0.717, 1.165) is 17.5 Å². The Kier molecular flexibility index (Phi) is 7.08. The van der Waals surface area contributed by atoms with Crippen LogP contribution < -0.4 is 0 Å². The second-order valence-corrected chi connectivity index (χ2v) is 8.11. The normalized spacial score (nSPS) is 23.6. The molecule has 1 fully saturated rings. The monoisotopic (exact) mass is 394 g/mol. The highest BCUT2D eigenvalue weighted by Crippen LogP contribution is 2.37. The average molecular weight is 395 g/mol. The largest absolute Gasteiger partial charge is 0.458 e. The van der Waals surface area contributed by atoms with Crippen molar-refractivity contribution in [2.24, 2.45) is 17.8 Å². The van der Waals surface area contributed by atoms with Gasteiger partial charge in [0.1, 0.15) is 12.2 Å². The molecule has 0 aliphatic heterocycles. The van der Waals surface area contributed by atoms with Gasteiger partial charge in [-0.05, 0) is 50.2 Å². The summed E-state index contributed by atoms with van der Waals surface area (Å²) in [6, 6.07) is 19.3. The number of hydrogen-bond donors (Lipinski definition) is 0. The van der Waals surface area contributed by atoms with E-state index < -0.39 is 11.8 Å². The summed E-state index contributed by atoms with van der Waals surface area (Å²) in [6.45, 7) is 5.85. The average Bonchev–Trinajstić information content (AvgIpc) is 2.74. The van der Waals surface area contributed by atoms with Crippen LogP contribution in [0.5, 0.6) is 0 Å². The molecule has 0 radical (unpaired) electrons. The van der Waals surface area contributed by atoms with Gasteiger partial charge in [-0.25, -0.2) is 0 Å². The maximum atomic E-state index is 13.0. The van der Waals surface area contributed by atoms with Crippen molar-refractivity contribution in [2.45, 2.75) is 52.2 Å². The van der Waals surface area contributed by atoms with E-state index in [1.807, 2.05) is 74.5 Å². The van der Waals surface area contributed by atoms with Gasteiger partial charge in [0.2, 0.25) is 0 Å². The van der Waals surface area contributed by atoms with Crippen molar-refractivity contribution in [1.29, 1.82) is 0 Å². The van der Waals surface area contributed by atoms with Gasteiger partial charge in [-0.1, -0.05) is 67.6 Å². The lowest BCUT2D eigenvalue weighted by Crippen LogP contribution is -2.37. The molecule has 1 aliphatic carbocycles. The molecule has 29 heavy (non-hydrogen) atoms. The third kappa shape index (κ3) is 5.47. The van der Waals surface area contributed by atoms with Crippen molar-refractivity contribution >= 4 is 11.9 Å². The molecule has 1 saturated carbocycles. The predicted molar refractivity (Wildman–Crippen MR) is 112 cm³/mol. The minimum Gasteiger partial charge on any atom is -0.458 e. The number of esters is 2. The second kappa shape index (κ2) is 9.73. The van der Waals surface area contributed by atoms with Crippen LogP contribution in [-0.2, 0) is 19.1 Å².